The summed E-state index contributed by atoms with van der Waals surface area (Å²) in [4.78, 5) is 45.2. The van der Waals surface area contributed by atoms with E-state index in [4.69, 9.17) is 10.5 Å². The SMILES string of the molecule is Cc1nc(N)ccc1CCC(=O)[C@H](C)NC(=O)[C@@H](CCc1ccccc1)CCc1ccc(C(=O)N2CCOCC2)cc1. The van der Waals surface area contributed by atoms with E-state index in [1.807, 2.05) is 60.4 Å². The number of aryl methyl sites for hydroxylation is 4. The molecule has 8 heteroatoms. The Morgan fingerprint density at radius 2 is 1.55 bits per heavy atom. The lowest BCUT2D eigenvalue weighted by Gasteiger charge is -2.26. The second-order valence-corrected chi connectivity index (χ2v) is 11.0. The number of anilines is 1. The predicted octanol–water partition coefficient (Wildman–Crippen LogP) is 4.33. The summed E-state index contributed by atoms with van der Waals surface area (Å²) < 4.78 is 5.35. The van der Waals surface area contributed by atoms with Gasteiger partial charge in [0.1, 0.15) is 5.82 Å². The number of aromatic nitrogens is 1. The number of nitrogens with one attached hydrogen (secondary N) is 1. The Labute approximate surface area is 248 Å². The van der Waals surface area contributed by atoms with E-state index in [9.17, 15) is 14.4 Å². The Bertz CT molecular complexity index is 1340. The van der Waals surface area contributed by atoms with Crippen LogP contribution in [0.1, 0.15) is 58.9 Å². The Balaban J connectivity index is 1.34. The first-order valence-corrected chi connectivity index (χ1v) is 14.8. The first kappa shape index (κ1) is 30.9. The summed E-state index contributed by atoms with van der Waals surface area (Å²) in [6.07, 6.45) is 3.67. The van der Waals surface area contributed by atoms with Gasteiger partial charge < -0.3 is 20.7 Å². The van der Waals surface area contributed by atoms with E-state index in [0.717, 1.165) is 23.2 Å². The third-order valence-corrected chi connectivity index (χ3v) is 7.98. The number of nitrogen functional groups attached to an aromatic ring is 1. The number of carbonyl (C=O) groups is 3. The van der Waals surface area contributed by atoms with Crippen molar-refractivity contribution in [1.29, 1.82) is 0 Å². The van der Waals surface area contributed by atoms with Crippen molar-refractivity contribution in [2.24, 2.45) is 5.92 Å². The number of nitrogens with zero attached hydrogens (tertiary/aromatic N) is 2. The van der Waals surface area contributed by atoms with Crippen molar-refractivity contribution in [3.8, 4) is 0 Å². The van der Waals surface area contributed by atoms with Crippen LogP contribution in [-0.2, 0) is 33.6 Å². The molecule has 3 aromatic rings. The van der Waals surface area contributed by atoms with Gasteiger partial charge in [0, 0.05) is 36.7 Å². The van der Waals surface area contributed by atoms with Gasteiger partial charge in [0.05, 0.1) is 19.3 Å². The van der Waals surface area contributed by atoms with E-state index >= 15 is 0 Å². The van der Waals surface area contributed by atoms with Crippen LogP contribution >= 0.6 is 0 Å². The third-order valence-electron chi connectivity index (χ3n) is 7.98. The highest BCUT2D eigenvalue weighted by atomic mass is 16.5. The average molecular weight is 571 g/mol. The highest BCUT2D eigenvalue weighted by Gasteiger charge is 2.23. The Morgan fingerprint density at radius 3 is 2.19 bits per heavy atom. The maximum Gasteiger partial charge on any atom is 0.254 e. The monoisotopic (exact) mass is 570 g/mol. The molecule has 8 nitrogen and oxygen atoms in total. The standard InChI is InChI=1S/C34H42N4O4/c1-24-28(17-19-32(35)36-24)16-18-31(39)25(2)37-33(40)29(12-8-26-6-4-3-5-7-26)13-9-27-10-14-30(15-11-27)34(41)38-20-22-42-23-21-38/h3-7,10-11,14-15,17,19,25,29H,8-9,12-13,16,18,20-23H2,1-2H3,(H2,35,36)(H,37,40)/t25-,29-/m0/s1. The smallest absolute Gasteiger partial charge is 0.254 e. The Hall–Kier alpha value is -4.04. The van der Waals surface area contributed by atoms with Gasteiger partial charge in [0.2, 0.25) is 5.91 Å². The lowest BCUT2D eigenvalue weighted by molar-refractivity contribution is -0.130. The van der Waals surface area contributed by atoms with E-state index in [0.29, 0.717) is 69.8 Å². The van der Waals surface area contributed by atoms with Gasteiger partial charge >= 0.3 is 0 Å². The zero-order chi connectivity index (χ0) is 29.9. The molecular formula is C34H42N4O4. The van der Waals surface area contributed by atoms with Gasteiger partial charge in [0.15, 0.2) is 5.78 Å². The largest absolute Gasteiger partial charge is 0.384 e. The average Bonchev–Trinajstić information content (AvgIpc) is 3.01. The van der Waals surface area contributed by atoms with Crippen molar-refractivity contribution in [1.82, 2.24) is 15.2 Å². The number of morpholine rings is 1. The van der Waals surface area contributed by atoms with Gasteiger partial charge in [-0.3, -0.25) is 14.4 Å². The fourth-order valence-electron chi connectivity index (χ4n) is 5.26. The summed E-state index contributed by atoms with van der Waals surface area (Å²) in [6, 6.07) is 20.9. The number of ether oxygens (including phenoxy) is 1. The number of ketones is 1. The summed E-state index contributed by atoms with van der Waals surface area (Å²) in [5.41, 5.74) is 10.5. The van der Waals surface area contributed by atoms with Crippen LogP contribution in [0.4, 0.5) is 5.82 Å². The van der Waals surface area contributed by atoms with Crippen LogP contribution in [0, 0.1) is 12.8 Å². The highest BCUT2D eigenvalue weighted by molar-refractivity contribution is 5.94. The molecule has 1 aromatic heterocycles. The van der Waals surface area contributed by atoms with Crippen molar-refractivity contribution in [2.75, 3.05) is 32.0 Å². The normalized spacial score (nSPS) is 14.7. The van der Waals surface area contributed by atoms with Gasteiger partial charge in [-0.2, -0.15) is 0 Å². The van der Waals surface area contributed by atoms with Crippen molar-refractivity contribution in [2.45, 2.75) is 58.4 Å². The van der Waals surface area contributed by atoms with Crippen LogP contribution < -0.4 is 11.1 Å². The fraction of sp³-hybridized carbons (Fsp3) is 0.412. The molecule has 2 amide bonds. The number of nitrogens with two attached hydrogens (primary N) is 1. The fourth-order valence-corrected chi connectivity index (χ4v) is 5.26. The first-order chi connectivity index (χ1) is 20.3. The van der Waals surface area contributed by atoms with Crippen LogP contribution in [0.3, 0.4) is 0 Å². The number of hydrogen-bond donors (Lipinski definition) is 2. The summed E-state index contributed by atoms with van der Waals surface area (Å²) >= 11 is 0. The quantitative estimate of drug-likeness (QED) is 0.316. The molecular weight excluding hydrogens is 528 g/mol. The molecule has 0 aliphatic carbocycles. The van der Waals surface area contributed by atoms with E-state index in [2.05, 4.69) is 22.4 Å². The van der Waals surface area contributed by atoms with E-state index in [1.165, 1.54) is 5.56 Å². The molecule has 1 fully saturated rings. The molecule has 0 bridgehead atoms. The van der Waals surface area contributed by atoms with Gasteiger partial charge in [0.25, 0.3) is 5.91 Å². The van der Waals surface area contributed by atoms with E-state index in [-0.39, 0.29) is 23.5 Å². The second kappa shape index (κ2) is 15.3. The molecule has 1 aliphatic heterocycles. The van der Waals surface area contributed by atoms with Gasteiger partial charge in [-0.15, -0.1) is 0 Å². The minimum Gasteiger partial charge on any atom is -0.384 e. The molecule has 2 aromatic carbocycles. The molecule has 42 heavy (non-hydrogen) atoms. The third kappa shape index (κ3) is 8.98. The summed E-state index contributed by atoms with van der Waals surface area (Å²) in [6.45, 7) is 6.00. The minimum absolute atomic E-state index is 0.0121. The maximum atomic E-state index is 13.4. The van der Waals surface area contributed by atoms with E-state index < -0.39 is 6.04 Å². The molecule has 1 aliphatic rings. The Kier molecular flexibility index (Phi) is 11.2. The van der Waals surface area contributed by atoms with Gasteiger partial charge in [-0.25, -0.2) is 4.98 Å². The van der Waals surface area contributed by atoms with Crippen molar-refractivity contribution >= 4 is 23.4 Å². The molecule has 0 unspecified atom stereocenters. The predicted molar refractivity (Wildman–Crippen MR) is 164 cm³/mol. The number of carbonyl (C=O) groups excluding carboxylic acids is 3. The second-order valence-electron chi connectivity index (χ2n) is 11.0. The number of benzene rings is 2. The van der Waals surface area contributed by atoms with Crippen LogP contribution in [0.2, 0.25) is 0 Å². The zero-order valence-electron chi connectivity index (χ0n) is 24.7. The summed E-state index contributed by atoms with van der Waals surface area (Å²) in [5, 5.41) is 2.99. The topological polar surface area (TPSA) is 115 Å². The van der Waals surface area contributed by atoms with Crippen LogP contribution in [-0.4, -0.2) is 59.8 Å². The van der Waals surface area contributed by atoms with Gasteiger partial charge in [-0.1, -0.05) is 48.5 Å². The molecule has 0 radical (unpaired) electrons. The highest BCUT2D eigenvalue weighted by Crippen LogP contribution is 2.19. The molecule has 1 saturated heterocycles. The molecule has 0 spiro atoms. The van der Waals surface area contributed by atoms with Crippen molar-refractivity contribution in [3.63, 3.8) is 0 Å². The first-order valence-electron chi connectivity index (χ1n) is 14.8. The van der Waals surface area contributed by atoms with Crippen LogP contribution in [0.5, 0.6) is 0 Å². The number of Topliss-reactive ketones (excluding diaryl/α,β-unsaturated/α-hetero) is 1. The number of amides is 2. The molecule has 2 atom stereocenters. The van der Waals surface area contributed by atoms with Crippen LogP contribution in [0.15, 0.2) is 66.7 Å². The number of hydrogen-bond acceptors (Lipinski definition) is 6. The maximum absolute atomic E-state index is 13.4. The van der Waals surface area contributed by atoms with Crippen molar-refractivity contribution in [3.05, 3.63) is 94.7 Å². The summed E-state index contributed by atoms with van der Waals surface area (Å²) in [7, 11) is 0. The molecule has 4 rings (SSSR count). The zero-order valence-corrected chi connectivity index (χ0v) is 24.7. The lowest BCUT2D eigenvalue weighted by Crippen LogP contribution is -2.42. The molecule has 2 heterocycles. The number of rotatable bonds is 13. The minimum atomic E-state index is -0.579. The van der Waals surface area contributed by atoms with Crippen LogP contribution in [0.25, 0.3) is 0 Å². The Morgan fingerprint density at radius 1 is 0.905 bits per heavy atom. The van der Waals surface area contributed by atoms with Gasteiger partial charge in [-0.05, 0) is 80.8 Å². The molecule has 0 saturated carbocycles. The van der Waals surface area contributed by atoms with Crippen molar-refractivity contribution < 1.29 is 19.1 Å². The molecule has 222 valence electrons. The number of pyridine rings is 1. The molecule has 3 N–H and O–H groups in total. The summed E-state index contributed by atoms with van der Waals surface area (Å²) in [5.74, 6) is 0.116. The lowest BCUT2D eigenvalue weighted by atomic mass is 9.91. The van der Waals surface area contributed by atoms with E-state index in [1.54, 1.807) is 13.0 Å².